The molecule has 1 aromatic rings. The number of hydrogen-bond acceptors (Lipinski definition) is 3. The molecular weight excluding hydrogens is 264 g/mol. The zero-order chi connectivity index (χ0) is 15.1. The van der Waals surface area contributed by atoms with Gasteiger partial charge in [0.1, 0.15) is 0 Å². The first kappa shape index (κ1) is 16.0. The first-order valence-corrected chi connectivity index (χ1v) is 8.13. The summed E-state index contributed by atoms with van der Waals surface area (Å²) in [6.45, 7) is 7.17. The molecular formula is C16H28N4O. The minimum absolute atomic E-state index is 0.192. The Morgan fingerprint density at radius 2 is 2.43 bits per heavy atom. The molecule has 5 nitrogen and oxygen atoms in total. The quantitative estimate of drug-likeness (QED) is 0.671. The molecule has 2 atom stereocenters. The van der Waals surface area contributed by atoms with Gasteiger partial charge < -0.3 is 10.6 Å². The number of amides is 1. The van der Waals surface area contributed by atoms with Crippen LogP contribution >= 0.6 is 0 Å². The summed E-state index contributed by atoms with van der Waals surface area (Å²) in [6, 6.07) is 0. The van der Waals surface area contributed by atoms with Gasteiger partial charge in [-0.05, 0) is 63.1 Å². The fourth-order valence-electron chi connectivity index (χ4n) is 3.03. The van der Waals surface area contributed by atoms with Crippen molar-refractivity contribution in [3.05, 3.63) is 17.5 Å². The molecule has 1 amide bonds. The number of nitrogens with zero attached hydrogens (tertiary/aromatic N) is 1. The Morgan fingerprint density at radius 3 is 3.10 bits per heavy atom. The van der Waals surface area contributed by atoms with Crippen molar-refractivity contribution in [1.29, 1.82) is 0 Å². The number of aromatic amines is 1. The van der Waals surface area contributed by atoms with E-state index >= 15 is 0 Å². The molecule has 2 unspecified atom stereocenters. The minimum atomic E-state index is 0.192. The summed E-state index contributed by atoms with van der Waals surface area (Å²) >= 11 is 0. The minimum Gasteiger partial charge on any atom is -0.356 e. The van der Waals surface area contributed by atoms with Gasteiger partial charge in [0.05, 0.1) is 6.20 Å². The Kier molecular flexibility index (Phi) is 6.23. The van der Waals surface area contributed by atoms with E-state index in [4.69, 9.17) is 0 Å². The zero-order valence-electron chi connectivity index (χ0n) is 13.2. The number of hydrogen-bond donors (Lipinski definition) is 3. The summed E-state index contributed by atoms with van der Waals surface area (Å²) < 4.78 is 0. The lowest BCUT2D eigenvalue weighted by molar-refractivity contribution is -0.122. The third-order valence-corrected chi connectivity index (χ3v) is 4.53. The highest BCUT2D eigenvalue weighted by Gasteiger charge is 2.21. The van der Waals surface area contributed by atoms with Crippen molar-refractivity contribution in [2.45, 2.75) is 46.0 Å². The van der Waals surface area contributed by atoms with E-state index in [1.54, 1.807) is 0 Å². The first-order valence-electron chi connectivity index (χ1n) is 8.13. The fraction of sp³-hybridized carbons (Fsp3) is 0.750. The van der Waals surface area contributed by atoms with Gasteiger partial charge in [-0.1, -0.05) is 6.92 Å². The SMILES string of the molecule is Cc1[nH]ncc1CCCNC(=O)CC(C)C1CCCNC1. The lowest BCUT2D eigenvalue weighted by atomic mass is 9.85. The number of aromatic nitrogens is 2. The van der Waals surface area contributed by atoms with Crippen LogP contribution in [0.25, 0.3) is 0 Å². The second-order valence-corrected chi connectivity index (χ2v) is 6.26. The molecule has 1 aliphatic rings. The average molecular weight is 292 g/mol. The second kappa shape index (κ2) is 8.17. The second-order valence-electron chi connectivity index (χ2n) is 6.26. The molecule has 1 fully saturated rings. The maximum absolute atomic E-state index is 12.0. The van der Waals surface area contributed by atoms with E-state index in [9.17, 15) is 4.79 Å². The van der Waals surface area contributed by atoms with Crippen LogP contribution in [0.1, 0.15) is 43.9 Å². The number of rotatable bonds is 7. The fourth-order valence-corrected chi connectivity index (χ4v) is 3.03. The Balaban J connectivity index is 1.59. The largest absolute Gasteiger partial charge is 0.356 e. The molecule has 0 bridgehead atoms. The van der Waals surface area contributed by atoms with Crippen LogP contribution in [0, 0.1) is 18.8 Å². The van der Waals surface area contributed by atoms with Crippen LogP contribution in [-0.2, 0) is 11.2 Å². The summed E-state index contributed by atoms with van der Waals surface area (Å²) in [5, 5.41) is 13.4. The van der Waals surface area contributed by atoms with E-state index in [2.05, 4.69) is 27.8 Å². The number of carbonyl (C=O) groups is 1. The Labute approximate surface area is 127 Å². The monoisotopic (exact) mass is 292 g/mol. The number of carbonyl (C=O) groups excluding carboxylic acids is 1. The van der Waals surface area contributed by atoms with Gasteiger partial charge in [0.2, 0.25) is 5.91 Å². The maximum atomic E-state index is 12.0. The van der Waals surface area contributed by atoms with Gasteiger partial charge in [-0.3, -0.25) is 9.89 Å². The molecule has 21 heavy (non-hydrogen) atoms. The van der Waals surface area contributed by atoms with Gasteiger partial charge in [0.25, 0.3) is 0 Å². The summed E-state index contributed by atoms with van der Waals surface area (Å²) in [6.07, 6.45) is 6.93. The summed E-state index contributed by atoms with van der Waals surface area (Å²) in [4.78, 5) is 12.0. The molecule has 0 aliphatic carbocycles. The molecule has 0 spiro atoms. The molecule has 3 N–H and O–H groups in total. The number of H-pyrrole nitrogens is 1. The van der Waals surface area contributed by atoms with Gasteiger partial charge in [0.15, 0.2) is 0 Å². The topological polar surface area (TPSA) is 69.8 Å². The smallest absolute Gasteiger partial charge is 0.220 e. The highest BCUT2D eigenvalue weighted by molar-refractivity contribution is 5.76. The molecule has 1 aromatic heterocycles. The van der Waals surface area contributed by atoms with Crippen LogP contribution in [0.15, 0.2) is 6.20 Å². The average Bonchev–Trinajstić information content (AvgIpc) is 2.90. The Bertz CT molecular complexity index is 437. The lowest BCUT2D eigenvalue weighted by Gasteiger charge is -2.28. The van der Waals surface area contributed by atoms with Crippen molar-refractivity contribution >= 4 is 5.91 Å². The predicted octanol–water partition coefficient (Wildman–Crippen LogP) is 1.79. The van der Waals surface area contributed by atoms with Crippen LogP contribution in [0.3, 0.4) is 0 Å². The van der Waals surface area contributed by atoms with Gasteiger partial charge in [-0.2, -0.15) is 5.10 Å². The third-order valence-electron chi connectivity index (χ3n) is 4.53. The van der Waals surface area contributed by atoms with E-state index < -0.39 is 0 Å². The highest BCUT2D eigenvalue weighted by atomic mass is 16.1. The number of piperidine rings is 1. The summed E-state index contributed by atoms with van der Waals surface area (Å²) in [5.74, 6) is 1.31. The molecule has 5 heteroatoms. The van der Waals surface area contributed by atoms with Crippen LogP contribution in [-0.4, -0.2) is 35.7 Å². The van der Waals surface area contributed by atoms with Gasteiger partial charge in [-0.15, -0.1) is 0 Å². The van der Waals surface area contributed by atoms with Crippen LogP contribution in [0.5, 0.6) is 0 Å². The van der Waals surface area contributed by atoms with Crippen molar-refractivity contribution in [1.82, 2.24) is 20.8 Å². The van der Waals surface area contributed by atoms with E-state index in [0.29, 0.717) is 18.3 Å². The molecule has 2 rings (SSSR count). The van der Waals surface area contributed by atoms with Crippen molar-refractivity contribution in [2.75, 3.05) is 19.6 Å². The van der Waals surface area contributed by atoms with Crippen LogP contribution < -0.4 is 10.6 Å². The molecule has 0 radical (unpaired) electrons. The van der Waals surface area contributed by atoms with Crippen molar-refractivity contribution in [2.24, 2.45) is 11.8 Å². The molecule has 0 saturated carbocycles. The molecule has 1 aliphatic heterocycles. The van der Waals surface area contributed by atoms with E-state index in [-0.39, 0.29) is 5.91 Å². The third kappa shape index (κ3) is 5.16. The van der Waals surface area contributed by atoms with E-state index in [1.165, 1.54) is 18.4 Å². The highest BCUT2D eigenvalue weighted by Crippen LogP contribution is 2.22. The van der Waals surface area contributed by atoms with Crippen molar-refractivity contribution in [3.8, 4) is 0 Å². The van der Waals surface area contributed by atoms with Crippen LogP contribution in [0.2, 0.25) is 0 Å². The van der Waals surface area contributed by atoms with Gasteiger partial charge in [0, 0.05) is 18.7 Å². The number of aryl methyl sites for hydroxylation is 2. The summed E-state index contributed by atoms with van der Waals surface area (Å²) in [7, 11) is 0. The molecule has 2 heterocycles. The van der Waals surface area contributed by atoms with Gasteiger partial charge >= 0.3 is 0 Å². The normalized spacial score (nSPS) is 20.2. The van der Waals surface area contributed by atoms with E-state index in [1.807, 2.05) is 13.1 Å². The predicted molar refractivity (Wildman–Crippen MR) is 84.0 cm³/mol. The first-order chi connectivity index (χ1) is 10.2. The molecule has 118 valence electrons. The molecule has 1 saturated heterocycles. The van der Waals surface area contributed by atoms with E-state index in [0.717, 1.165) is 38.2 Å². The molecule has 0 aromatic carbocycles. The zero-order valence-corrected chi connectivity index (χ0v) is 13.2. The van der Waals surface area contributed by atoms with Crippen molar-refractivity contribution < 1.29 is 4.79 Å². The van der Waals surface area contributed by atoms with Crippen molar-refractivity contribution in [3.63, 3.8) is 0 Å². The standard InChI is InChI=1S/C16H28N4O/c1-12(14-5-3-7-17-10-14)9-16(21)18-8-4-6-15-11-19-20-13(15)2/h11-12,14,17H,3-10H2,1-2H3,(H,18,21)(H,19,20). The van der Waals surface area contributed by atoms with Crippen LogP contribution in [0.4, 0.5) is 0 Å². The lowest BCUT2D eigenvalue weighted by Crippen LogP contribution is -2.35. The summed E-state index contributed by atoms with van der Waals surface area (Å²) in [5.41, 5.74) is 2.37. The Hall–Kier alpha value is -1.36. The Morgan fingerprint density at radius 1 is 1.57 bits per heavy atom. The number of nitrogens with one attached hydrogen (secondary N) is 3. The maximum Gasteiger partial charge on any atom is 0.220 e. The van der Waals surface area contributed by atoms with Gasteiger partial charge in [-0.25, -0.2) is 0 Å².